The average Bonchev–Trinajstić information content (AvgIpc) is 2.51. The molecule has 2 rings (SSSR count). The van der Waals surface area contributed by atoms with Gasteiger partial charge in [0.25, 0.3) is 0 Å². The highest BCUT2D eigenvalue weighted by atomic mass is 16.4. The molecule has 0 amide bonds. The fourth-order valence-electron chi connectivity index (χ4n) is 2.10. The standard InChI is InChI=1S/C11H14N4O2/c1-11(12,6-8(16)17)9-7-4-3-5-13-10(7)14-15(9)2/h3-5H,6,12H2,1-2H3,(H,16,17)/t11-/m0/s1. The first-order chi connectivity index (χ1) is 7.92. The van der Waals surface area contributed by atoms with Crippen molar-refractivity contribution in [2.24, 2.45) is 12.8 Å². The van der Waals surface area contributed by atoms with Crippen LogP contribution in [-0.4, -0.2) is 25.8 Å². The second kappa shape index (κ2) is 3.81. The molecule has 1 atom stereocenters. The van der Waals surface area contributed by atoms with Crippen molar-refractivity contribution in [1.29, 1.82) is 0 Å². The first-order valence-electron chi connectivity index (χ1n) is 5.21. The summed E-state index contributed by atoms with van der Waals surface area (Å²) in [6.45, 7) is 1.69. The van der Waals surface area contributed by atoms with E-state index in [4.69, 9.17) is 10.8 Å². The summed E-state index contributed by atoms with van der Waals surface area (Å²) in [7, 11) is 1.74. The van der Waals surface area contributed by atoms with Crippen LogP contribution in [0.1, 0.15) is 19.0 Å². The van der Waals surface area contributed by atoms with E-state index in [1.54, 1.807) is 30.9 Å². The van der Waals surface area contributed by atoms with E-state index in [9.17, 15) is 4.79 Å². The van der Waals surface area contributed by atoms with Crippen LogP contribution in [0.2, 0.25) is 0 Å². The first-order valence-corrected chi connectivity index (χ1v) is 5.21. The maximum atomic E-state index is 10.8. The van der Waals surface area contributed by atoms with Gasteiger partial charge in [-0.1, -0.05) is 0 Å². The van der Waals surface area contributed by atoms with E-state index in [1.165, 1.54) is 0 Å². The Morgan fingerprint density at radius 2 is 2.35 bits per heavy atom. The Morgan fingerprint density at radius 3 is 3.00 bits per heavy atom. The zero-order chi connectivity index (χ0) is 12.6. The van der Waals surface area contributed by atoms with E-state index in [-0.39, 0.29) is 6.42 Å². The summed E-state index contributed by atoms with van der Waals surface area (Å²) in [5, 5.41) is 13.9. The summed E-state index contributed by atoms with van der Waals surface area (Å²) < 4.78 is 1.60. The highest BCUT2D eigenvalue weighted by Crippen LogP contribution is 2.27. The van der Waals surface area contributed by atoms with Crippen LogP contribution in [0.4, 0.5) is 0 Å². The van der Waals surface area contributed by atoms with Crippen LogP contribution in [0, 0.1) is 0 Å². The number of carbonyl (C=O) groups is 1. The number of hydrogen-bond acceptors (Lipinski definition) is 4. The quantitative estimate of drug-likeness (QED) is 0.811. The van der Waals surface area contributed by atoms with Crippen molar-refractivity contribution in [3.8, 4) is 0 Å². The van der Waals surface area contributed by atoms with Crippen molar-refractivity contribution in [2.75, 3.05) is 0 Å². The van der Waals surface area contributed by atoms with E-state index in [1.807, 2.05) is 6.07 Å². The largest absolute Gasteiger partial charge is 0.481 e. The maximum Gasteiger partial charge on any atom is 0.305 e. The summed E-state index contributed by atoms with van der Waals surface area (Å²) in [6.07, 6.45) is 1.49. The van der Waals surface area contributed by atoms with Crippen LogP contribution in [0.3, 0.4) is 0 Å². The monoisotopic (exact) mass is 234 g/mol. The van der Waals surface area contributed by atoms with E-state index in [0.29, 0.717) is 11.3 Å². The SMILES string of the molecule is Cn1nc2ncccc2c1[C@@](C)(N)CC(=O)O. The number of aryl methyl sites for hydroxylation is 1. The number of carboxylic acids is 1. The Morgan fingerprint density at radius 1 is 1.65 bits per heavy atom. The van der Waals surface area contributed by atoms with Crippen LogP contribution in [0.5, 0.6) is 0 Å². The second-order valence-corrected chi connectivity index (χ2v) is 4.33. The van der Waals surface area contributed by atoms with Crippen molar-refractivity contribution in [2.45, 2.75) is 18.9 Å². The molecule has 2 aromatic heterocycles. The third-order valence-electron chi connectivity index (χ3n) is 2.67. The van der Waals surface area contributed by atoms with Crippen LogP contribution in [0.15, 0.2) is 18.3 Å². The van der Waals surface area contributed by atoms with Crippen molar-refractivity contribution in [3.05, 3.63) is 24.0 Å². The van der Waals surface area contributed by atoms with Crippen molar-refractivity contribution >= 4 is 17.0 Å². The molecule has 0 spiro atoms. The van der Waals surface area contributed by atoms with Crippen LogP contribution in [-0.2, 0) is 17.4 Å². The van der Waals surface area contributed by atoms with Gasteiger partial charge in [0.15, 0.2) is 5.65 Å². The summed E-state index contributed by atoms with van der Waals surface area (Å²) >= 11 is 0. The van der Waals surface area contributed by atoms with Gasteiger partial charge in [0.05, 0.1) is 17.7 Å². The van der Waals surface area contributed by atoms with E-state index >= 15 is 0 Å². The third-order valence-corrected chi connectivity index (χ3v) is 2.67. The minimum absolute atomic E-state index is 0.156. The molecule has 2 heterocycles. The average molecular weight is 234 g/mol. The summed E-state index contributed by atoms with van der Waals surface area (Å²) in [4.78, 5) is 15.0. The van der Waals surface area contributed by atoms with Gasteiger partial charge in [0.2, 0.25) is 0 Å². The Labute approximate surface area is 98.1 Å². The normalized spacial score (nSPS) is 14.8. The van der Waals surface area contributed by atoms with Crippen molar-refractivity contribution in [3.63, 3.8) is 0 Å². The number of aliphatic carboxylic acids is 1. The molecule has 3 N–H and O–H groups in total. The number of carboxylic acid groups (broad SMARTS) is 1. The Bertz CT molecular complexity index is 574. The van der Waals surface area contributed by atoms with E-state index in [0.717, 1.165) is 5.39 Å². The van der Waals surface area contributed by atoms with Gasteiger partial charge < -0.3 is 10.8 Å². The fourth-order valence-corrected chi connectivity index (χ4v) is 2.10. The molecule has 6 nitrogen and oxygen atoms in total. The van der Waals surface area contributed by atoms with Gasteiger partial charge in [-0.3, -0.25) is 9.48 Å². The molecule has 0 aromatic carbocycles. The lowest BCUT2D eigenvalue weighted by molar-refractivity contribution is -0.138. The Kier molecular flexibility index (Phi) is 2.59. The number of nitrogens with zero attached hydrogens (tertiary/aromatic N) is 3. The zero-order valence-corrected chi connectivity index (χ0v) is 9.71. The minimum atomic E-state index is -0.974. The zero-order valence-electron chi connectivity index (χ0n) is 9.71. The molecule has 0 bridgehead atoms. The first kappa shape index (κ1) is 11.5. The summed E-state index contributed by atoms with van der Waals surface area (Å²) in [5.41, 5.74) is 6.37. The van der Waals surface area contributed by atoms with Gasteiger partial charge in [-0.05, 0) is 19.1 Å². The van der Waals surface area contributed by atoms with Gasteiger partial charge in [0.1, 0.15) is 0 Å². The fraction of sp³-hybridized carbons (Fsp3) is 0.364. The molecule has 0 fully saturated rings. The van der Waals surface area contributed by atoms with Gasteiger partial charge in [0, 0.05) is 18.6 Å². The van der Waals surface area contributed by atoms with E-state index < -0.39 is 11.5 Å². The number of pyridine rings is 1. The minimum Gasteiger partial charge on any atom is -0.481 e. The number of nitrogens with two attached hydrogens (primary N) is 1. The summed E-state index contributed by atoms with van der Waals surface area (Å²) in [6, 6.07) is 3.63. The lowest BCUT2D eigenvalue weighted by Crippen LogP contribution is -2.37. The van der Waals surface area contributed by atoms with Gasteiger partial charge >= 0.3 is 5.97 Å². The molecular weight excluding hydrogens is 220 g/mol. The molecule has 0 saturated heterocycles. The molecule has 0 aliphatic carbocycles. The number of hydrogen-bond donors (Lipinski definition) is 2. The highest BCUT2D eigenvalue weighted by Gasteiger charge is 2.30. The third kappa shape index (κ3) is 1.99. The van der Waals surface area contributed by atoms with Crippen LogP contribution >= 0.6 is 0 Å². The molecular formula is C11H14N4O2. The molecule has 0 unspecified atom stereocenters. The predicted molar refractivity (Wildman–Crippen MR) is 62.3 cm³/mol. The van der Waals surface area contributed by atoms with Crippen molar-refractivity contribution in [1.82, 2.24) is 14.8 Å². The van der Waals surface area contributed by atoms with Crippen LogP contribution in [0.25, 0.3) is 11.0 Å². The lowest BCUT2D eigenvalue weighted by Gasteiger charge is -2.23. The van der Waals surface area contributed by atoms with E-state index in [2.05, 4.69) is 10.1 Å². The molecule has 0 radical (unpaired) electrons. The Balaban J connectivity index is 2.61. The molecule has 0 aliphatic heterocycles. The van der Waals surface area contributed by atoms with Gasteiger partial charge in [-0.2, -0.15) is 5.10 Å². The number of rotatable bonds is 3. The smallest absolute Gasteiger partial charge is 0.305 e. The number of aromatic nitrogens is 3. The highest BCUT2D eigenvalue weighted by molar-refractivity contribution is 5.80. The Hall–Kier alpha value is -1.95. The number of fused-ring (bicyclic) bond motifs is 1. The summed E-state index contributed by atoms with van der Waals surface area (Å²) in [5.74, 6) is -0.937. The molecule has 0 saturated carbocycles. The van der Waals surface area contributed by atoms with Gasteiger partial charge in [-0.25, -0.2) is 4.98 Å². The van der Waals surface area contributed by atoms with Crippen molar-refractivity contribution < 1.29 is 9.90 Å². The topological polar surface area (TPSA) is 94.0 Å². The maximum absolute atomic E-state index is 10.8. The predicted octanol–water partition coefficient (Wildman–Crippen LogP) is 0.617. The van der Waals surface area contributed by atoms with Gasteiger partial charge in [-0.15, -0.1) is 0 Å². The second-order valence-electron chi connectivity index (χ2n) is 4.33. The molecule has 90 valence electrons. The lowest BCUT2D eigenvalue weighted by atomic mass is 9.93. The molecule has 2 aromatic rings. The molecule has 17 heavy (non-hydrogen) atoms. The molecule has 6 heteroatoms. The molecule has 0 aliphatic rings. The van der Waals surface area contributed by atoms with Crippen LogP contribution < -0.4 is 5.73 Å².